The molecule has 1 N–H and O–H groups in total. The summed E-state index contributed by atoms with van der Waals surface area (Å²) in [5.74, 6) is 0.167. The highest BCUT2D eigenvalue weighted by Gasteiger charge is 2.38. The second-order valence-electron chi connectivity index (χ2n) is 7.91. The van der Waals surface area contributed by atoms with Crippen molar-refractivity contribution in [1.82, 2.24) is 19.7 Å². The molecule has 1 aliphatic heterocycles. The van der Waals surface area contributed by atoms with Crippen molar-refractivity contribution in [2.75, 3.05) is 12.4 Å². The van der Waals surface area contributed by atoms with Crippen LogP contribution in [0.3, 0.4) is 0 Å². The normalized spacial score (nSPS) is 14.6. The smallest absolute Gasteiger partial charge is 0.417 e. The first-order chi connectivity index (χ1) is 14.5. The molecule has 1 aliphatic rings. The molecule has 10 heteroatoms. The molecule has 0 atom stereocenters. The molecule has 4 rings (SSSR count). The second-order valence-corrected chi connectivity index (χ2v) is 7.91. The third-order valence-corrected chi connectivity index (χ3v) is 5.41. The van der Waals surface area contributed by atoms with Gasteiger partial charge in [0.1, 0.15) is 11.5 Å². The van der Waals surface area contributed by atoms with E-state index in [0.29, 0.717) is 30.0 Å². The first-order valence-electron chi connectivity index (χ1n) is 9.67. The number of benzene rings is 1. The number of anilines is 1. The van der Waals surface area contributed by atoms with Gasteiger partial charge in [0.15, 0.2) is 11.6 Å². The number of halogens is 4. The van der Waals surface area contributed by atoms with Crippen LogP contribution in [0.15, 0.2) is 18.3 Å². The van der Waals surface area contributed by atoms with E-state index < -0.39 is 23.1 Å². The molecule has 0 radical (unpaired) electrons. The maximum Gasteiger partial charge on any atom is 0.417 e. The van der Waals surface area contributed by atoms with E-state index in [0.717, 1.165) is 11.6 Å². The summed E-state index contributed by atoms with van der Waals surface area (Å²) in [6, 6.07) is 2.40. The van der Waals surface area contributed by atoms with E-state index in [4.69, 9.17) is 4.74 Å². The highest BCUT2D eigenvalue weighted by Crippen LogP contribution is 2.45. The number of rotatable bonds is 3. The van der Waals surface area contributed by atoms with Crippen LogP contribution in [0.4, 0.5) is 23.2 Å². The Hall–Kier alpha value is -3.17. The Bertz CT molecular complexity index is 1180. The molecule has 31 heavy (non-hydrogen) atoms. The predicted octanol–water partition coefficient (Wildman–Crippen LogP) is 5.03. The number of alkyl halides is 3. The van der Waals surface area contributed by atoms with E-state index in [9.17, 15) is 13.2 Å². The van der Waals surface area contributed by atoms with Crippen molar-refractivity contribution in [2.24, 2.45) is 0 Å². The van der Waals surface area contributed by atoms with Gasteiger partial charge in [0.2, 0.25) is 5.88 Å². The lowest BCUT2D eigenvalue weighted by Gasteiger charge is -2.35. The minimum absolute atomic E-state index is 0.0355. The van der Waals surface area contributed by atoms with Gasteiger partial charge in [0.05, 0.1) is 23.9 Å². The van der Waals surface area contributed by atoms with E-state index >= 15 is 4.39 Å². The fraction of sp³-hybridized carbons (Fsp3) is 0.381. The van der Waals surface area contributed by atoms with Crippen LogP contribution >= 0.6 is 0 Å². The lowest BCUT2D eigenvalue weighted by atomic mass is 9.93. The predicted molar refractivity (Wildman–Crippen MR) is 107 cm³/mol. The zero-order valence-electron chi connectivity index (χ0n) is 17.6. The first kappa shape index (κ1) is 21.1. The van der Waals surface area contributed by atoms with Crippen molar-refractivity contribution in [3.63, 3.8) is 0 Å². The van der Waals surface area contributed by atoms with Gasteiger partial charge in [-0.25, -0.2) is 9.37 Å². The van der Waals surface area contributed by atoms with Gasteiger partial charge in [0.25, 0.3) is 0 Å². The molecule has 2 aromatic heterocycles. The molecule has 0 saturated carbocycles. The summed E-state index contributed by atoms with van der Waals surface area (Å²) in [7, 11) is 1.28. The fourth-order valence-electron chi connectivity index (χ4n) is 3.89. The number of pyridine rings is 1. The molecule has 164 valence electrons. The van der Waals surface area contributed by atoms with Gasteiger partial charge < -0.3 is 10.1 Å². The summed E-state index contributed by atoms with van der Waals surface area (Å²) >= 11 is 0. The van der Waals surface area contributed by atoms with E-state index in [1.165, 1.54) is 7.11 Å². The Kier molecular flexibility index (Phi) is 4.71. The van der Waals surface area contributed by atoms with Gasteiger partial charge in [-0.1, -0.05) is 6.92 Å². The maximum absolute atomic E-state index is 16.0. The van der Waals surface area contributed by atoms with E-state index in [1.54, 1.807) is 17.6 Å². The molecule has 0 fully saturated rings. The van der Waals surface area contributed by atoms with Crippen molar-refractivity contribution < 1.29 is 22.3 Å². The molecule has 1 aromatic carbocycles. The molecular formula is C21H21F4N5O. The highest BCUT2D eigenvalue weighted by molar-refractivity contribution is 5.81. The van der Waals surface area contributed by atoms with Gasteiger partial charge in [-0.3, -0.25) is 4.57 Å². The molecule has 0 saturated heterocycles. The van der Waals surface area contributed by atoms with E-state index in [2.05, 4.69) is 20.5 Å². The third-order valence-electron chi connectivity index (χ3n) is 5.41. The summed E-state index contributed by atoms with van der Waals surface area (Å²) < 4.78 is 62.8. The van der Waals surface area contributed by atoms with Gasteiger partial charge >= 0.3 is 6.18 Å². The molecule has 0 amide bonds. The summed E-state index contributed by atoms with van der Waals surface area (Å²) in [5, 5.41) is 11.6. The van der Waals surface area contributed by atoms with Gasteiger partial charge in [-0.05, 0) is 44.9 Å². The van der Waals surface area contributed by atoms with E-state index in [1.807, 2.05) is 20.8 Å². The molecule has 0 aliphatic carbocycles. The lowest BCUT2D eigenvalue weighted by molar-refractivity contribution is -0.137. The van der Waals surface area contributed by atoms with Crippen molar-refractivity contribution in [1.29, 1.82) is 0 Å². The molecule has 3 heterocycles. The zero-order chi connectivity index (χ0) is 22.7. The first-order valence-corrected chi connectivity index (χ1v) is 9.67. The van der Waals surface area contributed by atoms with Crippen LogP contribution in [0.2, 0.25) is 0 Å². The number of hydrogen-bond donors (Lipinski definition) is 1. The zero-order valence-corrected chi connectivity index (χ0v) is 17.6. The summed E-state index contributed by atoms with van der Waals surface area (Å²) in [5.41, 5.74) is -0.261. The van der Waals surface area contributed by atoms with Crippen LogP contribution in [0.25, 0.3) is 16.8 Å². The Labute approximate surface area is 176 Å². The summed E-state index contributed by atoms with van der Waals surface area (Å²) in [4.78, 5) is 3.77. The van der Waals surface area contributed by atoms with Crippen molar-refractivity contribution in [2.45, 2.75) is 45.8 Å². The molecule has 0 bridgehead atoms. The topological polar surface area (TPSA) is 64.9 Å². The standard InChI is InChI=1S/C21H21F4N5O/c1-6-11-7-13(14-8-12(21(23,24)25)9-26-18(14)31-5)15(22)17-16(11)27-20(3,4)19-29-28-10(2)30(17)19/h7-9,27H,6H2,1-5H3. The number of aromatic nitrogens is 4. The monoisotopic (exact) mass is 435 g/mol. The minimum Gasteiger partial charge on any atom is -0.481 e. The Morgan fingerprint density at radius 2 is 1.87 bits per heavy atom. The number of aryl methyl sites for hydroxylation is 2. The Morgan fingerprint density at radius 3 is 2.48 bits per heavy atom. The minimum atomic E-state index is -4.63. The Balaban J connectivity index is 2.07. The van der Waals surface area contributed by atoms with Crippen LogP contribution in [0.1, 0.15) is 43.5 Å². The largest absolute Gasteiger partial charge is 0.481 e. The maximum atomic E-state index is 16.0. The summed E-state index contributed by atoms with van der Waals surface area (Å²) in [6.07, 6.45) is -3.44. The second kappa shape index (κ2) is 6.93. The average Bonchev–Trinajstić information content (AvgIpc) is 3.09. The molecular weight excluding hydrogens is 414 g/mol. The van der Waals surface area contributed by atoms with Crippen LogP contribution in [-0.2, 0) is 18.1 Å². The van der Waals surface area contributed by atoms with E-state index in [-0.39, 0.29) is 22.7 Å². The van der Waals surface area contributed by atoms with Crippen LogP contribution < -0.4 is 10.1 Å². The summed E-state index contributed by atoms with van der Waals surface area (Å²) in [6.45, 7) is 7.40. The quantitative estimate of drug-likeness (QED) is 0.585. The van der Waals surface area contributed by atoms with Crippen LogP contribution in [-0.4, -0.2) is 26.9 Å². The number of ether oxygens (including phenoxy) is 1. The van der Waals surface area contributed by atoms with Gasteiger partial charge in [-0.2, -0.15) is 13.2 Å². The molecule has 0 spiro atoms. The van der Waals surface area contributed by atoms with Crippen LogP contribution in [0.5, 0.6) is 5.88 Å². The van der Waals surface area contributed by atoms with Gasteiger partial charge in [0, 0.05) is 17.3 Å². The molecule has 3 aromatic rings. The SMILES string of the molecule is CCc1cc(-c2cc(C(F)(F)F)cnc2OC)c(F)c2c1NC(C)(C)c1nnc(C)n1-2. The molecule has 6 nitrogen and oxygen atoms in total. The fourth-order valence-corrected chi connectivity index (χ4v) is 3.89. The van der Waals surface area contributed by atoms with Crippen molar-refractivity contribution >= 4 is 5.69 Å². The van der Waals surface area contributed by atoms with Crippen LogP contribution in [0, 0.1) is 12.7 Å². The Morgan fingerprint density at radius 1 is 1.16 bits per heavy atom. The van der Waals surface area contributed by atoms with Crippen molar-refractivity contribution in [3.8, 4) is 22.7 Å². The van der Waals surface area contributed by atoms with Crippen molar-refractivity contribution in [3.05, 3.63) is 46.9 Å². The number of fused-ring (bicyclic) bond motifs is 3. The lowest BCUT2D eigenvalue weighted by Crippen LogP contribution is -2.37. The number of hydrogen-bond acceptors (Lipinski definition) is 5. The highest BCUT2D eigenvalue weighted by atomic mass is 19.4. The average molecular weight is 435 g/mol. The molecule has 0 unspecified atom stereocenters. The number of methoxy groups -OCH3 is 1. The third kappa shape index (κ3) is 3.21. The van der Waals surface area contributed by atoms with Gasteiger partial charge in [-0.15, -0.1) is 10.2 Å². The number of nitrogens with one attached hydrogen (secondary N) is 1. The number of nitrogens with zero attached hydrogens (tertiary/aromatic N) is 4.